The molecule has 0 aliphatic carbocycles. The Balaban J connectivity index is 1.74. The molecule has 5 nitrogen and oxygen atoms in total. The highest BCUT2D eigenvalue weighted by atomic mass is 35.5. The topological polar surface area (TPSA) is 66.9 Å². The van der Waals surface area contributed by atoms with Crippen molar-refractivity contribution < 1.29 is 4.79 Å². The highest BCUT2D eigenvalue weighted by molar-refractivity contribution is 6.43. The molecule has 0 fully saturated rings. The molecule has 0 bridgehead atoms. The van der Waals surface area contributed by atoms with Crippen LogP contribution in [0.4, 0.5) is 17.3 Å². The Labute approximate surface area is 161 Å². The summed E-state index contributed by atoms with van der Waals surface area (Å²) in [4.78, 5) is 20.7. The quantitative estimate of drug-likeness (QED) is 0.629. The lowest BCUT2D eigenvalue weighted by atomic mass is 10.1. The first-order chi connectivity index (χ1) is 12.5. The molecule has 0 radical (unpaired) electrons. The fraction of sp³-hybridized carbons (Fsp3) is 0.105. The van der Waals surface area contributed by atoms with E-state index in [0.29, 0.717) is 27.2 Å². The van der Waals surface area contributed by atoms with Crippen molar-refractivity contribution >= 4 is 46.4 Å². The van der Waals surface area contributed by atoms with Crippen LogP contribution in [0.15, 0.2) is 48.8 Å². The third kappa shape index (κ3) is 3.95. The van der Waals surface area contributed by atoms with Crippen molar-refractivity contribution in [2.75, 3.05) is 10.6 Å². The molecule has 7 heteroatoms. The number of hydrogen-bond acceptors (Lipinski definition) is 4. The van der Waals surface area contributed by atoms with Gasteiger partial charge in [0.2, 0.25) is 5.95 Å². The summed E-state index contributed by atoms with van der Waals surface area (Å²) in [7, 11) is 0. The first-order valence-electron chi connectivity index (χ1n) is 7.86. The number of hydrogen-bond donors (Lipinski definition) is 2. The van der Waals surface area contributed by atoms with Gasteiger partial charge in [-0.05, 0) is 43.2 Å². The molecule has 26 heavy (non-hydrogen) atoms. The van der Waals surface area contributed by atoms with Crippen LogP contribution >= 0.6 is 23.2 Å². The standard InChI is InChI=1S/C19H16Cl2N4O/c1-11-5-3-7-15(12(11)2)24-18(26)13-9-22-19(23-10-13)25-16-8-4-6-14(20)17(16)21/h3-10H,1-2H3,(H,24,26)(H,22,23,25). The average Bonchev–Trinajstić information content (AvgIpc) is 2.63. The third-order valence-electron chi connectivity index (χ3n) is 3.96. The number of nitrogens with one attached hydrogen (secondary N) is 2. The van der Waals surface area contributed by atoms with Crippen molar-refractivity contribution in [3.05, 3.63) is 75.5 Å². The monoisotopic (exact) mass is 386 g/mol. The van der Waals surface area contributed by atoms with E-state index < -0.39 is 0 Å². The van der Waals surface area contributed by atoms with Gasteiger partial charge in [-0.25, -0.2) is 9.97 Å². The van der Waals surface area contributed by atoms with E-state index in [0.717, 1.165) is 16.8 Å². The smallest absolute Gasteiger partial charge is 0.258 e. The molecule has 0 aliphatic rings. The number of nitrogens with zero attached hydrogens (tertiary/aromatic N) is 2. The van der Waals surface area contributed by atoms with E-state index in [4.69, 9.17) is 23.2 Å². The average molecular weight is 387 g/mol. The molecular weight excluding hydrogens is 371 g/mol. The van der Waals surface area contributed by atoms with Crippen LogP contribution in [0, 0.1) is 13.8 Å². The Morgan fingerprint density at radius 3 is 2.35 bits per heavy atom. The second-order valence-corrected chi connectivity index (χ2v) is 6.51. The zero-order valence-corrected chi connectivity index (χ0v) is 15.7. The molecule has 0 spiro atoms. The van der Waals surface area contributed by atoms with Crippen molar-refractivity contribution in [1.29, 1.82) is 0 Å². The summed E-state index contributed by atoms with van der Waals surface area (Å²) < 4.78 is 0. The molecule has 1 aromatic heterocycles. The van der Waals surface area contributed by atoms with E-state index in [1.54, 1.807) is 18.2 Å². The highest BCUT2D eigenvalue weighted by Gasteiger charge is 2.11. The van der Waals surface area contributed by atoms with Gasteiger partial charge in [0.1, 0.15) is 0 Å². The number of aromatic nitrogens is 2. The minimum atomic E-state index is -0.272. The van der Waals surface area contributed by atoms with Gasteiger partial charge in [-0.2, -0.15) is 0 Å². The largest absolute Gasteiger partial charge is 0.323 e. The van der Waals surface area contributed by atoms with E-state index in [9.17, 15) is 4.79 Å². The first kappa shape index (κ1) is 18.2. The fourth-order valence-corrected chi connectivity index (χ4v) is 2.66. The van der Waals surface area contributed by atoms with Gasteiger partial charge in [0.05, 0.1) is 21.3 Å². The summed E-state index contributed by atoms with van der Waals surface area (Å²) in [5, 5.41) is 6.67. The van der Waals surface area contributed by atoms with E-state index in [2.05, 4.69) is 20.6 Å². The molecule has 1 amide bonds. The maximum absolute atomic E-state index is 12.4. The zero-order chi connectivity index (χ0) is 18.7. The molecule has 0 aliphatic heterocycles. The number of rotatable bonds is 4. The highest BCUT2D eigenvalue weighted by Crippen LogP contribution is 2.30. The molecule has 132 valence electrons. The first-order valence-corrected chi connectivity index (χ1v) is 8.62. The summed E-state index contributed by atoms with van der Waals surface area (Å²) >= 11 is 12.1. The maximum atomic E-state index is 12.4. The second-order valence-electron chi connectivity index (χ2n) is 5.72. The van der Waals surface area contributed by atoms with Crippen LogP contribution in [0.1, 0.15) is 21.5 Å². The lowest BCUT2D eigenvalue weighted by molar-refractivity contribution is 0.102. The van der Waals surface area contributed by atoms with Crippen LogP contribution in [-0.4, -0.2) is 15.9 Å². The Morgan fingerprint density at radius 1 is 0.962 bits per heavy atom. The van der Waals surface area contributed by atoms with Gasteiger partial charge < -0.3 is 10.6 Å². The van der Waals surface area contributed by atoms with Gasteiger partial charge in [-0.15, -0.1) is 0 Å². The minimum absolute atomic E-state index is 0.272. The summed E-state index contributed by atoms with van der Waals surface area (Å²) in [6.45, 7) is 3.96. The van der Waals surface area contributed by atoms with Crippen molar-refractivity contribution in [2.45, 2.75) is 13.8 Å². The van der Waals surface area contributed by atoms with Gasteiger partial charge in [0.15, 0.2) is 0 Å². The number of aryl methyl sites for hydroxylation is 1. The summed E-state index contributed by atoms with van der Waals surface area (Å²) in [5.41, 5.74) is 3.84. The number of anilines is 3. The summed E-state index contributed by atoms with van der Waals surface area (Å²) in [6.07, 6.45) is 2.91. The van der Waals surface area contributed by atoms with E-state index >= 15 is 0 Å². The third-order valence-corrected chi connectivity index (χ3v) is 4.78. The number of carbonyl (C=O) groups excluding carboxylic acids is 1. The molecule has 0 saturated heterocycles. The zero-order valence-electron chi connectivity index (χ0n) is 14.2. The van der Waals surface area contributed by atoms with Gasteiger partial charge >= 0.3 is 0 Å². The Hall–Kier alpha value is -2.63. The van der Waals surface area contributed by atoms with E-state index in [1.807, 2.05) is 32.0 Å². The molecule has 3 aromatic rings. The normalized spacial score (nSPS) is 10.5. The van der Waals surface area contributed by atoms with Crippen LogP contribution in [0.5, 0.6) is 0 Å². The van der Waals surface area contributed by atoms with Gasteiger partial charge in [0, 0.05) is 18.1 Å². The van der Waals surface area contributed by atoms with Crippen LogP contribution in [0.25, 0.3) is 0 Å². The number of amides is 1. The minimum Gasteiger partial charge on any atom is -0.323 e. The SMILES string of the molecule is Cc1cccc(NC(=O)c2cnc(Nc3cccc(Cl)c3Cl)nc2)c1C. The maximum Gasteiger partial charge on any atom is 0.258 e. The van der Waals surface area contributed by atoms with Gasteiger partial charge in [0.25, 0.3) is 5.91 Å². The second kappa shape index (κ2) is 7.72. The van der Waals surface area contributed by atoms with Crippen molar-refractivity contribution in [1.82, 2.24) is 9.97 Å². The molecule has 1 heterocycles. The molecule has 2 N–H and O–H groups in total. The molecule has 0 atom stereocenters. The number of halogens is 2. The van der Waals surface area contributed by atoms with Crippen molar-refractivity contribution in [3.8, 4) is 0 Å². The molecule has 0 saturated carbocycles. The predicted octanol–water partition coefficient (Wildman–Crippen LogP) is 5.40. The van der Waals surface area contributed by atoms with E-state index in [1.165, 1.54) is 12.4 Å². The molecule has 2 aromatic carbocycles. The van der Waals surface area contributed by atoms with Crippen LogP contribution < -0.4 is 10.6 Å². The molecule has 3 rings (SSSR count). The van der Waals surface area contributed by atoms with Gasteiger partial charge in [-0.1, -0.05) is 41.4 Å². The Kier molecular flexibility index (Phi) is 5.40. The Bertz CT molecular complexity index is 958. The number of carbonyl (C=O) groups is 1. The van der Waals surface area contributed by atoms with E-state index in [-0.39, 0.29) is 5.91 Å². The van der Waals surface area contributed by atoms with Crippen molar-refractivity contribution in [2.24, 2.45) is 0 Å². The Morgan fingerprint density at radius 2 is 1.62 bits per heavy atom. The van der Waals surface area contributed by atoms with Crippen molar-refractivity contribution in [3.63, 3.8) is 0 Å². The van der Waals surface area contributed by atoms with Crippen LogP contribution in [0.3, 0.4) is 0 Å². The lowest BCUT2D eigenvalue weighted by Crippen LogP contribution is -2.14. The number of benzene rings is 2. The molecule has 0 unspecified atom stereocenters. The van der Waals surface area contributed by atoms with Crippen LogP contribution in [-0.2, 0) is 0 Å². The summed E-state index contributed by atoms with van der Waals surface area (Å²) in [6, 6.07) is 11.0. The van der Waals surface area contributed by atoms with Gasteiger partial charge in [-0.3, -0.25) is 4.79 Å². The molecular formula is C19H16Cl2N4O. The fourth-order valence-electron chi connectivity index (χ4n) is 2.31. The predicted molar refractivity (Wildman–Crippen MR) is 106 cm³/mol. The lowest BCUT2D eigenvalue weighted by Gasteiger charge is -2.11. The van der Waals surface area contributed by atoms with Crippen LogP contribution in [0.2, 0.25) is 10.0 Å². The summed E-state index contributed by atoms with van der Waals surface area (Å²) in [5.74, 6) is 0.0449.